The molecule has 0 aliphatic rings. The number of benzene rings is 2. The highest BCUT2D eigenvalue weighted by atomic mass is 35.5. The minimum absolute atomic E-state index is 0.0806. The Balaban J connectivity index is 1.92. The molecule has 2 aromatic carbocycles. The molecule has 2 aromatic rings. The Morgan fingerprint density at radius 2 is 1.87 bits per heavy atom. The van der Waals surface area contributed by atoms with Gasteiger partial charge in [-0.3, -0.25) is 14.9 Å². The van der Waals surface area contributed by atoms with Gasteiger partial charge >= 0.3 is 0 Å². The lowest BCUT2D eigenvalue weighted by Crippen LogP contribution is -2.20. The average Bonchev–Trinajstić information content (AvgIpc) is 2.55. The number of nitrogens with one attached hydrogen (secondary N) is 1. The van der Waals surface area contributed by atoms with E-state index in [0.29, 0.717) is 11.5 Å². The van der Waals surface area contributed by atoms with E-state index in [1.807, 2.05) is 0 Å². The summed E-state index contributed by atoms with van der Waals surface area (Å²) in [6.07, 6.45) is 0. The molecule has 0 aliphatic heterocycles. The third-order valence-corrected chi connectivity index (χ3v) is 3.18. The number of amides is 1. The van der Waals surface area contributed by atoms with E-state index in [-0.39, 0.29) is 23.0 Å². The van der Waals surface area contributed by atoms with Crippen molar-refractivity contribution in [3.8, 4) is 11.5 Å². The molecule has 0 fully saturated rings. The molecule has 0 spiro atoms. The highest BCUT2D eigenvalue weighted by molar-refractivity contribution is 6.34. The molecule has 8 heteroatoms. The summed E-state index contributed by atoms with van der Waals surface area (Å²) in [5, 5.41) is 13.2. The first-order valence-electron chi connectivity index (χ1n) is 6.50. The maximum absolute atomic E-state index is 11.8. The number of nitrogens with zero attached hydrogens (tertiary/aromatic N) is 1. The van der Waals surface area contributed by atoms with Gasteiger partial charge in [0, 0.05) is 12.1 Å². The van der Waals surface area contributed by atoms with E-state index in [0.717, 1.165) is 0 Å². The van der Waals surface area contributed by atoms with Crippen LogP contribution in [0.2, 0.25) is 5.02 Å². The predicted molar refractivity (Wildman–Crippen MR) is 85.2 cm³/mol. The number of hydrogen-bond acceptors (Lipinski definition) is 5. The summed E-state index contributed by atoms with van der Waals surface area (Å²) >= 11 is 5.89. The van der Waals surface area contributed by atoms with Crippen LogP contribution in [0.25, 0.3) is 0 Å². The van der Waals surface area contributed by atoms with Crippen LogP contribution in [-0.2, 0) is 4.79 Å². The molecule has 0 radical (unpaired) electrons. The summed E-state index contributed by atoms with van der Waals surface area (Å²) in [5.74, 6) is 0.756. The van der Waals surface area contributed by atoms with Gasteiger partial charge in [-0.15, -0.1) is 0 Å². The minimum Gasteiger partial charge on any atom is -0.497 e. The molecule has 23 heavy (non-hydrogen) atoms. The van der Waals surface area contributed by atoms with Crippen LogP contribution in [0.15, 0.2) is 42.5 Å². The number of hydrogen-bond donors (Lipinski definition) is 1. The Hall–Kier alpha value is -2.80. The summed E-state index contributed by atoms with van der Waals surface area (Å²) < 4.78 is 10.3. The first kappa shape index (κ1) is 16.6. The van der Waals surface area contributed by atoms with Crippen LogP contribution in [0.1, 0.15) is 0 Å². The van der Waals surface area contributed by atoms with Crippen molar-refractivity contribution < 1.29 is 19.2 Å². The maximum Gasteiger partial charge on any atom is 0.271 e. The molecule has 0 unspecified atom stereocenters. The van der Waals surface area contributed by atoms with E-state index in [2.05, 4.69) is 5.32 Å². The van der Waals surface area contributed by atoms with Crippen molar-refractivity contribution >= 4 is 28.9 Å². The van der Waals surface area contributed by atoms with Crippen LogP contribution in [0.5, 0.6) is 11.5 Å². The SMILES string of the molecule is COc1ccc(OCC(=O)Nc2ccc([N+](=O)[O-])cc2Cl)cc1. The Morgan fingerprint density at radius 1 is 1.22 bits per heavy atom. The largest absolute Gasteiger partial charge is 0.497 e. The Morgan fingerprint density at radius 3 is 2.43 bits per heavy atom. The monoisotopic (exact) mass is 336 g/mol. The quantitative estimate of drug-likeness (QED) is 0.645. The van der Waals surface area contributed by atoms with Gasteiger partial charge in [-0.25, -0.2) is 0 Å². The normalized spacial score (nSPS) is 10.0. The van der Waals surface area contributed by atoms with Crippen LogP contribution in [0, 0.1) is 10.1 Å². The Bertz CT molecular complexity index is 718. The van der Waals surface area contributed by atoms with Gasteiger partial charge in [0.05, 0.1) is 22.7 Å². The number of halogens is 1. The van der Waals surface area contributed by atoms with Gasteiger partial charge in [0.25, 0.3) is 11.6 Å². The van der Waals surface area contributed by atoms with E-state index in [1.54, 1.807) is 31.4 Å². The molecule has 0 bridgehead atoms. The maximum atomic E-state index is 11.8. The van der Waals surface area contributed by atoms with Crippen molar-refractivity contribution in [2.45, 2.75) is 0 Å². The van der Waals surface area contributed by atoms with E-state index >= 15 is 0 Å². The van der Waals surface area contributed by atoms with Crippen molar-refractivity contribution in [1.29, 1.82) is 0 Å². The second-order valence-corrected chi connectivity index (χ2v) is 4.84. The second kappa shape index (κ2) is 7.46. The van der Waals surface area contributed by atoms with Gasteiger partial charge in [0.2, 0.25) is 0 Å². The van der Waals surface area contributed by atoms with Crippen LogP contribution in [-0.4, -0.2) is 24.5 Å². The molecule has 1 N–H and O–H groups in total. The van der Waals surface area contributed by atoms with Crippen LogP contribution >= 0.6 is 11.6 Å². The fourth-order valence-corrected chi connectivity index (χ4v) is 1.95. The van der Waals surface area contributed by atoms with E-state index in [4.69, 9.17) is 21.1 Å². The summed E-state index contributed by atoms with van der Waals surface area (Å²) in [4.78, 5) is 21.9. The third-order valence-electron chi connectivity index (χ3n) is 2.87. The number of carbonyl (C=O) groups is 1. The molecule has 7 nitrogen and oxygen atoms in total. The number of ether oxygens (including phenoxy) is 2. The molecule has 0 aromatic heterocycles. The molecule has 120 valence electrons. The molecular weight excluding hydrogens is 324 g/mol. The number of nitro benzene ring substituents is 1. The van der Waals surface area contributed by atoms with E-state index in [1.165, 1.54) is 18.2 Å². The van der Waals surface area contributed by atoms with Crippen molar-refractivity contribution in [2.24, 2.45) is 0 Å². The Kier molecular flexibility index (Phi) is 5.37. The van der Waals surface area contributed by atoms with Crippen LogP contribution < -0.4 is 14.8 Å². The molecule has 2 rings (SSSR count). The number of rotatable bonds is 6. The number of non-ortho nitro benzene ring substituents is 1. The Labute approximate surface area is 136 Å². The number of anilines is 1. The minimum atomic E-state index is -0.565. The number of methoxy groups -OCH3 is 1. The van der Waals surface area contributed by atoms with E-state index < -0.39 is 10.8 Å². The summed E-state index contributed by atoms with van der Waals surface area (Å²) in [7, 11) is 1.55. The van der Waals surface area contributed by atoms with Gasteiger partial charge in [-0.1, -0.05) is 11.6 Å². The van der Waals surface area contributed by atoms with Crippen LogP contribution in [0.3, 0.4) is 0 Å². The van der Waals surface area contributed by atoms with Gasteiger partial charge < -0.3 is 14.8 Å². The van der Waals surface area contributed by atoms with Gasteiger partial charge in [-0.05, 0) is 30.3 Å². The molecule has 0 aliphatic carbocycles. The zero-order valence-corrected chi connectivity index (χ0v) is 12.9. The van der Waals surface area contributed by atoms with E-state index in [9.17, 15) is 14.9 Å². The zero-order chi connectivity index (χ0) is 16.8. The molecule has 0 heterocycles. The first-order valence-corrected chi connectivity index (χ1v) is 6.88. The fourth-order valence-electron chi connectivity index (χ4n) is 1.73. The topological polar surface area (TPSA) is 90.7 Å². The third kappa shape index (κ3) is 4.58. The smallest absolute Gasteiger partial charge is 0.271 e. The summed E-state index contributed by atoms with van der Waals surface area (Å²) in [5.41, 5.74) is 0.128. The number of nitro groups is 1. The molecule has 0 saturated heterocycles. The average molecular weight is 337 g/mol. The fraction of sp³-hybridized carbons (Fsp3) is 0.133. The summed E-state index contributed by atoms with van der Waals surface area (Å²) in [6.45, 7) is -0.223. The standard InChI is InChI=1S/C15H13ClN2O5/c1-22-11-3-5-12(6-4-11)23-9-15(19)17-14-7-2-10(18(20)21)8-13(14)16/h2-8H,9H2,1H3,(H,17,19). The first-order chi connectivity index (χ1) is 11.0. The highest BCUT2D eigenvalue weighted by Crippen LogP contribution is 2.26. The molecule has 0 saturated carbocycles. The lowest BCUT2D eigenvalue weighted by molar-refractivity contribution is -0.384. The molecular formula is C15H13ClN2O5. The van der Waals surface area contributed by atoms with Gasteiger partial charge in [0.15, 0.2) is 6.61 Å². The van der Waals surface area contributed by atoms with Crippen molar-refractivity contribution in [3.05, 3.63) is 57.6 Å². The lowest BCUT2D eigenvalue weighted by atomic mass is 10.3. The number of carbonyl (C=O) groups excluding carboxylic acids is 1. The lowest BCUT2D eigenvalue weighted by Gasteiger charge is -2.09. The molecule has 1 amide bonds. The second-order valence-electron chi connectivity index (χ2n) is 4.43. The van der Waals surface area contributed by atoms with Crippen LogP contribution in [0.4, 0.5) is 11.4 Å². The molecule has 0 atom stereocenters. The van der Waals surface area contributed by atoms with Crippen molar-refractivity contribution in [2.75, 3.05) is 19.0 Å². The summed E-state index contributed by atoms with van der Waals surface area (Å²) in [6, 6.07) is 10.6. The van der Waals surface area contributed by atoms with Crippen molar-refractivity contribution in [3.63, 3.8) is 0 Å². The van der Waals surface area contributed by atoms with Gasteiger partial charge in [-0.2, -0.15) is 0 Å². The van der Waals surface area contributed by atoms with Crippen molar-refractivity contribution in [1.82, 2.24) is 0 Å². The van der Waals surface area contributed by atoms with Gasteiger partial charge in [0.1, 0.15) is 11.5 Å². The predicted octanol–water partition coefficient (Wildman–Crippen LogP) is 3.27. The highest BCUT2D eigenvalue weighted by Gasteiger charge is 2.12. The zero-order valence-electron chi connectivity index (χ0n) is 12.1.